The van der Waals surface area contributed by atoms with Crippen LogP contribution in [0.5, 0.6) is 5.75 Å². The summed E-state index contributed by atoms with van der Waals surface area (Å²) < 4.78 is 30.5. The quantitative estimate of drug-likeness (QED) is 0.135. The zero-order valence-electron chi connectivity index (χ0n) is 25.7. The molecule has 1 fully saturated rings. The van der Waals surface area contributed by atoms with Gasteiger partial charge in [-0.25, -0.2) is 4.39 Å². The van der Waals surface area contributed by atoms with Crippen molar-refractivity contribution in [1.29, 1.82) is 0 Å². The summed E-state index contributed by atoms with van der Waals surface area (Å²) in [6.07, 6.45) is 4.15. The lowest BCUT2D eigenvalue weighted by molar-refractivity contribution is -0.0488. The number of ether oxygens (including phenoxy) is 2. The molecular weight excluding hydrogens is 593 g/mol. The highest BCUT2D eigenvalue weighted by molar-refractivity contribution is 6.35. The number of aliphatic hydroxyl groups excluding tert-OH is 1. The van der Waals surface area contributed by atoms with Crippen molar-refractivity contribution >= 4 is 33.3 Å². The first-order chi connectivity index (χ1) is 21.9. The first-order valence-electron chi connectivity index (χ1n) is 16.1. The Labute approximate surface area is 267 Å². The fourth-order valence-electron chi connectivity index (χ4n) is 7.20. The van der Waals surface area contributed by atoms with E-state index in [1.54, 1.807) is 6.07 Å². The minimum absolute atomic E-state index is 0.0931. The van der Waals surface area contributed by atoms with Crippen LogP contribution in [0, 0.1) is 11.7 Å². The molecule has 236 valence electrons. The van der Waals surface area contributed by atoms with Crippen molar-refractivity contribution in [2.24, 2.45) is 13.0 Å². The van der Waals surface area contributed by atoms with E-state index in [1.807, 2.05) is 42.1 Å². The van der Waals surface area contributed by atoms with Gasteiger partial charge in [0.15, 0.2) is 6.29 Å². The number of hydrogen-bond donors (Lipinski definition) is 2. The molecule has 1 atom stereocenters. The molecule has 2 aliphatic rings. The number of fused-ring (bicyclic) bond motifs is 3. The monoisotopic (exact) mass is 631 g/mol. The van der Waals surface area contributed by atoms with E-state index in [9.17, 15) is 14.6 Å². The molecular formula is C36H39ClFN3O4. The minimum atomic E-state index is -1.66. The van der Waals surface area contributed by atoms with E-state index in [1.165, 1.54) is 12.1 Å². The molecule has 45 heavy (non-hydrogen) atoms. The normalized spacial score (nSPS) is 17.2. The average molecular weight is 632 g/mol. The summed E-state index contributed by atoms with van der Waals surface area (Å²) in [4.78, 5) is 0. The van der Waals surface area contributed by atoms with Crippen LogP contribution >= 0.6 is 11.6 Å². The van der Waals surface area contributed by atoms with Crippen LogP contribution in [0.2, 0.25) is 5.02 Å². The number of nitrogens with zero attached hydrogens (tertiary/aromatic N) is 3. The predicted molar refractivity (Wildman–Crippen MR) is 174 cm³/mol. The van der Waals surface area contributed by atoms with Gasteiger partial charge in [0.25, 0.3) is 0 Å². The van der Waals surface area contributed by atoms with Crippen molar-refractivity contribution in [3.8, 4) is 16.9 Å². The lowest BCUT2D eigenvalue weighted by atomic mass is 9.94. The molecule has 7 rings (SSSR count). The third-order valence-corrected chi connectivity index (χ3v) is 9.68. The van der Waals surface area contributed by atoms with Crippen molar-refractivity contribution < 1.29 is 24.1 Å². The Bertz CT molecular complexity index is 1880. The van der Waals surface area contributed by atoms with Crippen LogP contribution in [0.25, 0.3) is 32.8 Å². The Morgan fingerprint density at radius 1 is 1.09 bits per heavy atom. The number of halogens is 2. The summed E-state index contributed by atoms with van der Waals surface area (Å²) in [5, 5.41) is 29.9. The van der Waals surface area contributed by atoms with Gasteiger partial charge in [-0.1, -0.05) is 36.7 Å². The Balaban J connectivity index is 1.32. The Morgan fingerprint density at radius 3 is 2.69 bits per heavy atom. The molecule has 2 aromatic heterocycles. The van der Waals surface area contributed by atoms with Crippen LogP contribution in [0.15, 0.2) is 48.5 Å². The van der Waals surface area contributed by atoms with Crippen LogP contribution < -0.4 is 4.74 Å². The summed E-state index contributed by atoms with van der Waals surface area (Å²) in [5.74, 6) is 0.862. The van der Waals surface area contributed by atoms with Gasteiger partial charge < -0.3 is 24.3 Å². The van der Waals surface area contributed by atoms with Crippen molar-refractivity contribution in [2.75, 3.05) is 13.2 Å². The molecule has 7 nitrogen and oxygen atoms in total. The average Bonchev–Trinajstić information content (AvgIpc) is 3.74. The number of aliphatic hydroxyl groups is 2. The van der Waals surface area contributed by atoms with Gasteiger partial charge in [-0.05, 0) is 92.1 Å². The van der Waals surface area contributed by atoms with E-state index < -0.39 is 6.29 Å². The molecule has 1 saturated carbocycles. The molecule has 0 amide bonds. The fraction of sp³-hybridized carbons (Fsp3) is 0.417. The molecule has 0 spiro atoms. The maximum atomic E-state index is 13.8. The highest BCUT2D eigenvalue weighted by Gasteiger charge is 2.39. The minimum Gasteiger partial charge on any atom is -0.493 e. The summed E-state index contributed by atoms with van der Waals surface area (Å²) in [7, 11) is 1.98. The Hall–Kier alpha value is -3.43. The second-order valence-electron chi connectivity index (χ2n) is 12.3. The first-order valence-corrected chi connectivity index (χ1v) is 16.4. The third kappa shape index (κ3) is 5.52. The van der Waals surface area contributed by atoms with E-state index in [2.05, 4.69) is 11.5 Å². The largest absolute Gasteiger partial charge is 0.493 e. The second kappa shape index (κ2) is 12.4. The van der Waals surface area contributed by atoms with Crippen molar-refractivity contribution in [2.45, 2.75) is 70.8 Å². The topological polar surface area (TPSA) is 81.7 Å². The first kappa shape index (κ1) is 30.2. The number of aryl methyl sites for hydroxylation is 3. The molecule has 9 heteroatoms. The van der Waals surface area contributed by atoms with Gasteiger partial charge in [-0.2, -0.15) is 5.10 Å². The van der Waals surface area contributed by atoms with Gasteiger partial charge in [0.1, 0.15) is 17.7 Å². The van der Waals surface area contributed by atoms with Crippen LogP contribution in [0.4, 0.5) is 4.39 Å². The summed E-state index contributed by atoms with van der Waals surface area (Å²) in [6.45, 7) is 3.77. The van der Waals surface area contributed by atoms with Crippen molar-refractivity contribution in [3.05, 3.63) is 82.0 Å². The van der Waals surface area contributed by atoms with E-state index in [0.717, 1.165) is 81.9 Å². The highest BCUT2D eigenvalue weighted by Crippen LogP contribution is 2.50. The van der Waals surface area contributed by atoms with Crippen LogP contribution in [-0.2, 0) is 31.2 Å². The molecule has 0 bridgehead atoms. The van der Waals surface area contributed by atoms with Crippen LogP contribution in [0.3, 0.4) is 0 Å². The molecule has 5 aromatic rings. The molecule has 1 aliphatic heterocycles. The number of hydrogen-bond acceptors (Lipinski definition) is 5. The maximum absolute atomic E-state index is 13.8. The summed E-state index contributed by atoms with van der Waals surface area (Å²) in [6, 6.07) is 14.2. The third-order valence-electron chi connectivity index (χ3n) is 9.37. The molecule has 0 saturated heterocycles. The molecule has 1 aliphatic carbocycles. The zero-order chi connectivity index (χ0) is 31.2. The van der Waals surface area contributed by atoms with Gasteiger partial charge in [-0.15, -0.1) is 0 Å². The van der Waals surface area contributed by atoms with Crippen LogP contribution in [-0.4, -0.2) is 37.8 Å². The standard InChI is InChI=1S/C36H39ClFN3O4/c1-3-28-31-30-27(37)16-15-26-25(9-7-19-44-29-10-6-8-22-20-23(38)13-14-24(22)29)34(36(42)43)41(33(26)30)17-4-5-18-45-35(21-11-12-21)32(31)39-40(28)2/h6,8,10,13-16,20-21,35-36,42-43H,3-5,7,9,11-12,17-19H2,1-2H3. The molecule has 1 unspecified atom stereocenters. The van der Waals surface area contributed by atoms with E-state index in [4.69, 9.17) is 26.2 Å². The van der Waals surface area contributed by atoms with Crippen molar-refractivity contribution in [1.82, 2.24) is 14.3 Å². The van der Waals surface area contributed by atoms with Gasteiger partial charge in [-0.3, -0.25) is 4.68 Å². The SMILES string of the molecule is CCc1c2c(nn1C)C(C1CC1)OCCCCn1c(C(O)O)c(CCCOc3cccc4cc(F)ccc34)c3ccc(Cl)c-2c31. The highest BCUT2D eigenvalue weighted by atomic mass is 35.5. The van der Waals surface area contributed by atoms with Gasteiger partial charge in [0.2, 0.25) is 0 Å². The van der Waals surface area contributed by atoms with Gasteiger partial charge >= 0.3 is 0 Å². The maximum Gasteiger partial charge on any atom is 0.194 e. The predicted octanol–water partition coefficient (Wildman–Crippen LogP) is 7.81. The number of rotatable bonds is 8. The zero-order valence-corrected chi connectivity index (χ0v) is 26.5. The summed E-state index contributed by atoms with van der Waals surface area (Å²) in [5.41, 5.74) is 6.20. The fourth-order valence-corrected chi connectivity index (χ4v) is 7.45. The molecule has 0 radical (unpaired) electrons. The van der Waals surface area contributed by atoms with Gasteiger partial charge in [0.05, 0.1) is 28.5 Å². The number of benzene rings is 3. The molecule has 2 N–H and O–H groups in total. The lowest BCUT2D eigenvalue weighted by Crippen LogP contribution is -2.11. The molecule has 3 heterocycles. The van der Waals surface area contributed by atoms with E-state index >= 15 is 0 Å². The van der Waals surface area contributed by atoms with E-state index in [-0.39, 0.29) is 11.9 Å². The second-order valence-corrected chi connectivity index (χ2v) is 12.7. The Kier molecular flexibility index (Phi) is 8.33. The Morgan fingerprint density at radius 2 is 1.91 bits per heavy atom. The van der Waals surface area contributed by atoms with E-state index in [0.29, 0.717) is 55.0 Å². The number of aromatic nitrogens is 3. The molecule has 3 aromatic carbocycles. The lowest BCUT2D eigenvalue weighted by Gasteiger charge is -2.18. The van der Waals surface area contributed by atoms with Crippen LogP contribution in [0.1, 0.15) is 74.1 Å². The summed E-state index contributed by atoms with van der Waals surface area (Å²) >= 11 is 7.11. The smallest absolute Gasteiger partial charge is 0.194 e. The van der Waals surface area contributed by atoms with Gasteiger partial charge in [0, 0.05) is 47.8 Å². The van der Waals surface area contributed by atoms with Crippen molar-refractivity contribution in [3.63, 3.8) is 0 Å².